The molecule has 2 aromatic carbocycles. The summed E-state index contributed by atoms with van der Waals surface area (Å²) in [4.78, 5) is 0. The van der Waals surface area contributed by atoms with Crippen molar-refractivity contribution in [2.24, 2.45) is 5.92 Å². The number of hydrogen-bond acceptors (Lipinski definition) is 2. The van der Waals surface area contributed by atoms with Gasteiger partial charge >= 0.3 is 0 Å². The van der Waals surface area contributed by atoms with Gasteiger partial charge in [-0.2, -0.15) is 0 Å². The van der Waals surface area contributed by atoms with Crippen LogP contribution in [-0.2, 0) is 0 Å². The van der Waals surface area contributed by atoms with Crippen LogP contribution in [0.3, 0.4) is 0 Å². The monoisotopic (exact) mass is 308 g/mol. The summed E-state index contributed by atoms with van der Waals surface area (Å²) in [5, 5.41) is 0. The van der Waals surface area contributed by atoms with Gasteiger partial charge in [-0.3, -0.25) is 0 Å². The lowest BCUT2D eigenvalue weighted by Gasteiger charge is -2.30. The second-order valence-electron chi connectivity index (χ2n) is 6.92. The zero-order chi connectivity index (χ0) is 16.1. The average molecular weight is 308 g/mol. The van der Waals surface area contributed by atoms with Gasteiger partial charge < -0.3 is 11.5 Å². The normalized spacial score (nSPS) is 16.9. The van der Waals surface area contributed by atoms with Crippen molar-refractivity contribution in [1.29, 1.82) is 0 Å². The predicted octanol–water partition coefficient (Wildman–Crippen LogP) is 5.34. The number of nitrogen functional groups attached to an aromatic ring is 2. The second-order valence-corrected chi connectivity index (χ2v) is 6.92. The SMILES string of the molecule is Nc1ccc(C(c2ccc(N)cc2)C2CCCCCCC2)cc1. The highest BCUT2D eigenvalue weighted by atomic mass is 14.5. The Hall–Kier alpha value is -1.96. The van der Waals surface area contributed by atoms with E-state index in [1.54, 1.807) is 0 Å². The molecule has 0 spiro atoms. The van der Waals surface area contributed by atoms with Crippen LogP contribution in [0.1, 0.15) is 62.0 Å². The number of rotatable bonds is 3. The molecule has 23 heavy (non-hydrogen) atoms. The van der Waals surface area contributed by atoms with Crippen LogP contribution < -0.4 is 11.5 Å². The minimum Gasteiger partial charge on any atom is -0.399 e. The molecule has 0 saturated heterocycles. The molecule has 1 aliphatic rings. The van der Waals surface area contributed by atoms with Crippen molar-refractivity contribution in [3.8, 4) is 0 Å². The van der Waals surface area contributed by atoms with Crippen LogP contribution in [-0.4, -0.2) is 0 Å². The third kappa shape index (κ3) is 4.07. The Morgan fingerprint density at radius 1 is 0.609 bits per heavy atom. The summed E-state index contributed by atoms with van der Waals surface area (Å²) in [7, 11) is 0. The zero-order valence-corrected chi connectivity index (χ0v) is 13.9. The molecule has 0 aromatic heterocycles. The Morgan fingerprint density at radius 3 is 1.43 bits per heavy atom. The van der Waals surface area contributed by atoms with Crippen molar-refractivity contribution in [3.05, 3.63) is 59.7 Å². The standard InChI is InChI=1S/C21H28N2/c22-19-12-8-17(9-13-19)21(18-10-14-20(23)15-11-18)16-6-4-2-1-3-5-7-16/h8-16,21H,1-7,22-23H2. The molecule has 0 atom stereocenters. The van der Waals surface area contributed by atoms with Crippen LogP contribution in [0.2, 0.25) is 0 Å². The number of nitrogens with two attached hydrogens (primary N) is 2. The molecule has 3 rings (SSSR count). The van der Waals surface area contributed by atoms with E-state index in [0.717, 1.165) is 11.4 Å². The van der Waals surface area contributed by atoms with Crippen molar-refractivity contribution in [2.45, 2.75) is 50.9 Å². The van der Waals surface area contributed by atoms with Gasteiger partial charge in [0.2, 0.25) is 0 Å². The van der Waals surface area contributed by atoms with E-state index in [1.165, 1.54) is 56.1 Å². The summed E-state index contributed by atoms with van der Waals surface area (Å²) in [6.45, 7) is 0. The molecule has 0 aliphatic heterocycles. The Labute approximate surface area is 139 Å². The van der Waals surface area contributed by atoms with Crippen LogP contribution in [0.4, 0.5) is 11.4 Å². The summed E-state index contributed by atoms with van der Waals surface area (Å²) >= 11 is 0. The topological polar surface area (TPSA) is 52.0 Å². The van der Waals surface area contributed by atoms with E-state index >= 15 is 0 Å². The van der Waals surface area contributed by atoms with Crippen molar-refractivity contribution in [3.63, 3.8) is 0 Å². The fourth-order valence-electron chi connectivity index (χ4n) is 3.96. The summed E-state index contributed by atoms with van der Waals surface area (Å²) in [6, 6.07) is 16.9. The molecule has 0 amide bonds. The first-order valence-electron chi connectivity index (χ1n) is 8.95. The summed E-state index contributed by atoms with van der Waals surface area (Å²) in [5.41, 5.74) is 16.2. The predicted molar refractivity (Wildman–Crippen MR) is 99.4 cm³/mol. The van der Waals surface area contributed by atoms with E-state index in [0.29, 0.717) is 11.8 Å². The maximum Gasteiger partial charge on any atom is 0.0314 e. The molecular weight excluding hydrogens is 280 g/mol. The van der Waals surface area contributed by atoms with E-state index in [9.17, 15) is 0 Å². The first kappa shape index (κ1) is 15.9. The molecule has 2 aromatic rings. The maximum atomic E-state index is 5.89. The Morgan fingerprint density at radius 2 is 1.00 bits per heavy atom. The van der Waals surface area contributed by atoms with E-state index in [2.05, 4.69) is 24.3 Å². The Kier molecular flexibility index (Phi) is 5.22. The van der Waals surface area contributed by atoms with Crippen molar-refractivity contribution < 1.29 is 0 Å². The van der Waals surface area contributed by atoms with Gasteiger partial charge in [0, 0.05) is 17.3 Å². The minimum atomic E-state index is 0.453. The molecule has 0 radical (unpaired) electrons. The average Bonchev–Trinajstić information content (AvgIpc) is 2.53. The van der Waals surface area contributed by atoms with Crippen LogP contribution >= 0.6 is 0 Å². The minimum absolute atomic E-state index is 0.453. The van der Waals surface area contributed by atoms with Gasteiger partial charge in [-0.05, 0) is 54.2 Å². The van der Waals surface area contributed by atoms with Gasteiger partial charge in [0.1, 0.15) is 0 Å². The van der Waals surface area contributed by atoms with Gasteiger partial charge in [0.15, 0.2) is 0 Å². The second kappa shape index (κ2) is 7.54. The van der Waals surface area contributed by atoms with Crippen LogP contribution in [0.5, 0.6) is 0 Å². The first-order chi connectivity index (χ1) is 11.2. The molecule has 1 saturated carbocycles. The van der Waals surface area contributed by atoms with Crippen LogP contribution in [0.15, 0.2) is 48.5 Å². The highest BCUT2D eigenvalue weighted by molar-refractivity contribution is 5.46. The van der Waals surface area contributed by atoms with E-state index in [-0.39, 0.29) is 0 Å². The molecular formula is C21H28N2. The number of hydrogen-bond donors (Lipinski definition) is 2. The third-order valence-electron chi connectivity index (χ3n) is 5.21. The van der Waals surface area contributed by atoms with Gasteiger partial charge in [0.25, 0.3) is 0 Å². The maximum absolute atomic E-state index is 5.89. The highest BCUT2D eigenvalue weighted by Gasteiger charge is 2.25. The van der Waals surface area contributed by atoms with Crippen LogP contribution in [0.25, 0.3) is 0 Å². The molecule has 0 bridgehead atoms. The van der Waals surface area contributed by atoms with Gasteiger partial charge in [0.05, 0.1) is 0 Å². The van der Waals surface area contributed by atoms with E-state index < -0.39 is 0 Å². The fourth-order valence-corrected chi connectivity index (χ4v) is 3.96. The van der Waals surface area contributed by atoms with Crippen molar-refractivity contribution >= 4 is 11.4 Å². The molecule has 122 valence electrons. The van der Waals surface area contributed by atoms with Gasteiger partial charge in [-0.15, -0.1) is 0 Å². The van der Waals surface area contributed by atoms with Crippen molar-refractivity contribution in [2.75, 3.05) is 11.5 Å². The number of benzene rings is 2. The summed E-state index contributed by atoms with van der Waals surface area (Å²) < 4.78 is 0. The molecule has 1 aliphatic carbocycles. The van der Waals surface area contributed by atoms with Crippen molar-refractivity contribution in [1.82, 2.24) is 0 Å². The molecule has 0 unspecified atom stereocenters. The van der Waals surface area contributed by atoms with E-state index in [4.69, 9.17) is 11.5 Å². The quantitative estimate of drug-likeness (QED) is 0.752. The smallest absolute Gasteiger partial charge is 0.0314 e. The zero-order valence-electron chi connectivity index (χ0n) is 13.9. The summed E-state index contributed by atoms with van der Waals surface area (Å²) in [6.07, 6.45) is 9.51. The largest absolute Gasteiger partial charge is 0.399 e. The van der Waals surface area contributed by atoms with E-state index in [1.807, 2.05) is 24.3 Å². The Balaban J connectivity index is 1.94. The lowest BCUT2D eigenvalue weighted by molar-refractivity contribution is 0.347. The van der Waals surface area contributed by atoms with Gasteiger partial charge in [-0.1, -0.05) is 56.4 Å². The number of anilines is 2. The molecule has 0 heterocycles. The van der Waals surface area contributed by atoms with Crippen LogP contribution in [0, 0.1) is 5.92 Å². The molecule has 4 N–H and O–H groups in total. The summed E-state index contributed by atoms with van der Waals surface area (Å²) in [5.74, 6) is 1.16. The lowest BCUT2D eigenvalue weighted by atomic mass is 9.75. The fraction of sp³-hybridized carbons (Fsp3) is 0.429. The third-order valence-corrected chi connectivity index (χ3v) is 5.21. The van der Waals surface area contributed by atoms with Gasteiger partial charge in [-0.25, -0.2) is 0 Å². The Bertz CT molecular complexity index is 547. The molecule has 2 nitrogen and oxygen atoms in total. The lowest BCUT2D eigenvalue weighted by Crippen LogP contribution is -2.16. The molecule has 1 fully saturated rings. The molecule has 2 heteroatoms. The highest BCUT2D eigenvalue weighted by Crippen LogP contribution is 2.39. The first-order valence-corrected chi connectivity index (χ1v) is 8.95.